The largest absolute Gasteiger partial charge is 0.534 e. The molecule has 1 atom stereocenters. The van der Waals surface area contributed by atoms with Gasteiger partial charge in [-0.2, -0.15) is 21.6 Å². The lowest BCUT2D eigenvalue weighted by Crippen LogP contribution is -2.28. The van der Waals surface area contributed by atoms with Gasteiger partial charge in [-0.05, 0) is 42.9 Å². The Labute approximate surface area is 230 Å². The first kappa shape index (κ1) is 34.6. The number of rotatable bonds is 23. The van der Waals surface area contributed by atoms with E-state index in [0.717, 1.165) is 50.5 Å². The zero-order valence-electron chi connectivity index (χ0n) is 23.9. The standard InChI is InChI=1S/C30H51F3O4S/c1-4-7-9-10-11-12-13-14-15-16-17-18-19-21-27-22-28(36-25-26(6-3)20-8-5-2)24-29(23-27)37-38(34,35)30(31,32)33/h22-24,26H,4-21,25H2,1-3H3. The highest BCUT2D eigenvalue weighted by atomic mass is 32.2. The quantitative estimate of drug-likeness (QED) is 0.0754. The highest BCUT2D eigenvalue weighted by molar-refractivity contribution is 7.88. The number of alkyl halides is 3. The molecule has 0 saturated heterocycles. The van der Waals surface area contributed by atoms with Gasteiger partial charge in [0.1, 0.15) is 11.5 Å². The predicted octanol–water partition coefficient (Wildman–Crippen LogP) is 10.1. The number of ether oxygens (including phenoxy) is 1. The third-order valence-corrected chi connectivity index (χ3v) is 8.01. The Morgan fingerprint density at radius 2 is 1.21 bits per heavy atom. The first-order valence-electron chi connectivity index (χ1n) is 14.9. The van der Waals surface area contributed by atoms with Crippen LogP contribution in [0.4, 0.5) is 13.2 Å². The first-order valence-corrected chi connectivity index (χ1v) is 16.3. The molecule has 0 amide bonds. The number of aryl methyl sites for hydroxylation is 1. The molecule has 8 heteroatoms. The molecule has 0 spiro atoms. The molecule has 222 valence electrons. The molecule has 1 aromatic rings. The van der Waals surface area contributed by atoms with Crippen molar-refractivity contribution < 1.29 is 30.5 Å². The third-order valence-electron chi connectivity index (χ3n) is 7.03. The van der Waals surface area contributed by atoms with E-state index in [4.69, 9.17) is 4.74 Å². The number of unbranched alkanes of at least 4 members (excludes halogenated alkanes) is 13. The van der Waals surface area contributed by atoms with Crippen molar-refractivity contribution in [2.24, 2.45) is 5.92 Å². The lowest BCUT2D eigenvalue weighted by atomic mass is 10.0. The average molecular weight is 565 g/mol. The van der Waals surface area contributed by atoms with Crippen LogP contribution in [-0.2, 0) is 16.5 Å². The molecule has 0 saturated carbocycles. The topological polar surface area (TPSA) is 52.6 Å². The minimum atomic E-state index is -5.74. The van der Waals surface area contributed by atoms with Gasteiger partial charge in [0.25, 0.3) is 0 Å². The van der Waals surface area contributed by atoms with Crippen molar-refractivity contribution in [3.8, 4) is 11.5 Å². The van der Waals surface area contributed by atoms with E-state index >= 15 is 0 Å². The second-order valence-electron chi connectivity index (χ2n) is 10.5. The van der Waals surface area contributed by atoms with Gasteiger partial charge in [0.05, 0.1) is 6.61 Å². The van der Waals surface area contributed by atoms with Crippen LogP contribution < -0.4 is 8.92 Å². The Morgan fingerprint density at radius 3 is 1.71 bits per heavy atom. The van der Waals surface area contributed by atoms with E-state index < -0.39 is 15.6 Å². The highest BCUT2D eigenvalue weighted by Crippen LogP contribution is 2.31. The fourth-order valence-electron chi connectivity index (χ4n) is 4.54. The van der Waals surface area contributed by atoms with Crippen LogP contribution >= 0.6 is 0 Å². The molecule has 0 fully saturated rings. The first-order chi connectivity index (χ1) is 18.1. The van der Waals surface area contributed by atoms with Gasteiger partial charge in [-0.1, -0.05) is 117 Å². The average Bonchev–Trinajstić information content (AvgIpc) is 2.86. The van der Waals surface area contributed by atoms with Gasteiger partial charge in [-0.3, -0.25) is 0 Å². The summed E-state index contributed by atoms with van der Waals surface area (Å²) in [6.07, 6.45) is 20.8. The van der Waals surface area contributed by atoms with E-state index in [1.807, 2.05) is 0 Å². The van der Waals surface area contributed by atoms with Gasteiger partial charge >= 0.3 is 15.6 Å². The van der Waals surface area contributed by atoms with Crippen molar-refractivity contribution in [1.29, 1.82) is 0 Å². The van der Waals surface area contributed by atoms with E-state index in [-0.39, 0.29) is 5.75 Å². The SMILES string of the molecule is CCCCCCCCCCCCCCCc1cc(OCC(CC)CCCC)cc(OS(=O)(=O)C(F)(F)F)c1. The summed E-state index contributed by atoms with van der Waals surface area (Å²) in [5, 5.41) is 0. The summed E-state index contributed by atoms with van der Waals surface area (Å²) in [6.45, 7) is 6.88. The van der Waals surface area contributed by atoms with Crippen LogP contribution in [0.15, 0.2) is 18.2 Å². The molecular formula is C30H51F3O4S. The number of hydrogen-bond donors (Lipinski definition) is 0. The van der Waals surface area contributed by atoms with Crippen molar-refractivity contribution in [3.63, 3.8) is 0 Å². The zero-order chi connectivity index (χ0) is 28.3. The molecule has 0 aliphatic rings. The Kier molecular flexibility index (Phi) is 17.8. The van der Waals surface area contributed by atoms with E-state index in [0.29, 0.717) is 24.7 Å². The molecule has 0 aliphatic carbocycles. The third kappa shape index (κ3) is 15.2. The van der Waals surface area contributed by atoms with Crippen LogP contribution in [0.25, 0.3) is 0 Å². The van der Waals surface area contributed by atoms with Gasteiger partial charge in [0.15, 0.2) is 0 Å². The van der Waals surface area contributed by atoms with E-state index in [1.165, 1.54) is 76.3 Å². The van der Waals surface area contributed by atoms with Crippen LogP contribution in [0.5, 0.6) is 11.5 Å². The molecule has 0 aromatic heterocycles. The second kappa shape index (κ2) is 19.6. The van der Waals surface area contributed by atoms with Crippen molar-refractivity contribution in [2.45, 2.75) is 142 Å². The molecule has 4 nitrogen and oxygen atoms in total. The fourth-order valence-corrected chi connectivity index (χ4v) is 4.98. The number of benzene rings is 1. The highest BCUT2D eigenvalue weighted by Gasteiger charge is 2.48. The van der Waals surface area contributed by atoms with Gasteiger partial charge in [-0.15, -0.1) is 0 Å². The van der Waals surface area contributed by atoms with E-state index in [2.05, 4.69) is 25.0 Å². The minimum absolute atomic E-state index is 0.336. The molecule has 1 aromatic carbocycles. The summed E-state index contributed by atoms with van der Waals surface area (Å²) < 4.78 is 72.1. The Bertz CT molecular complexity index is 840. The van der Waals surface area contributed by atoms with Crippen LogP contribution in [0.1, 0.15) is 135 Å². The summed E-state index contributed by atoms with van der Waals surface area (Å²) in [5.41, 5.74) is -4.76. The van der Waals surface area contributed by atoms with Crippen LogP contribution in [-0.4, -0.2) is 20.5 Å². The van der Waals surface area contributed by atoms with Gasteiger partial charge in [0.2, 0.25) is 0 Å². The predicted molar refractivity (Wildman–Crippen MR) is 150 cm³/mol. The van der Waals surface area contributed by atoms with Crippen molar-refractivity contribution in [1.82, 2.24) is 0 Å². The summed E-state index contributed by atoms with van der Waals surface area (Å²) >= 11 is 0. The minimum Gasteiger partial charge on any atom is -0.493 e. The molecule has 0 heterocycles. The number of halogens is 3. The summed E-state index contributed by atoms with van der Waals surface area (Å²) in [5.74, 6) is 0.327. The van der Waals surface area contributed by atoms with Crippen LogP contribution in [0.2, 0.25) is 0 Å². The molecule has 0 N–H and O–H groups in total. The second-order valence-corrected chi connectivity index (χ2v) is 12.1. The van der Waals surface area contributed by atoms with E-state index in [1.54, 1.807) is 6.07 Å². The molecular weight excluding hydrogens is 513 g/mol. The Morgan fingerprint density at radius 1 is 0.711 bits per heavy atom. The smallest absolute Gasteiger partial charge is 0.493 e. The van der Waals surface area contributed by atoms with Crippen molar-refractivity contribution >= 4 is 10.1 Å². The molecule has 1 rings (SSSR count). The van der Waals surface area contributed by atoms with Crippen LogP contribution in [0, 0.1) is 5.92 Å². The zero-order valence-corrected chi connectivity index (χ0v) is 24.7. The monoisotopic (exact) mass is 564 g/mol. The lowest BCUT2D eigenvalue weighted by Gasteiger charge is -2.17. The Hall–Kier alpha value is -1.44. The summed E-state index contributed by atoms with van der Waals surface area (Å²) in [6, 6.07) is 4.41. The van der Waals surface area contributed by atoms with Crippen molar-refractivity contribution in [2.75, 3.05) is 6.61 Å². The van der Waals surface area contributed by atoms with E-state index in [9.17, 15) is 21.6 Å². The molecule has 0 radical (unpaired) electrons. The molecule has 0 aliphatic heterocycles. The summed E-state index contributed by atoms with van der Waals surface area (Å²) in [4.78, 5) is 0. The van der Waals surface area contributed by atoms with Gasteiger partial charge in [-0.25, -0.2) is 0 Å². The maximum Gasteiger partial charge on any atom is 0.534 e. The normalized spacial score (nSPS) is 13.0. The van der Waals surface area contributed by atoms with Gasteiger partial charge in [0, 0.05) is 6.07 Å². The molecule has 1 unspecified atom stereocenters. The van der Waals surface area contributed by atoms with Crippen molar-refractivity contribution in [3.05, 3.63) is 23.8 Å². The molecule has 38 heavy (non-hydrogen) atoms. The van der Waals surface area contributed by atoms with Gasteiger partial charge < -0.3 is 8.92 Å². The lowest BCUT2D eigenvalue weighted by molar-refractivity contribution is -0.0500. The molecule has 0 bridgehead atoms. The maximum absolute atomic E-state index is 12.9. The number of hydrogen-bond acceptors (Lipinski definition) is 4. The Balaban J connectivity index is 2.56. The summed E-state index contributed by atoms with van der Waals surface area (Å²) in [7, 11) is -5.74. The van der Waals surface area contributed by atoms with Crippen LogP contribution in [0.3, 0.4) is 0 Å². The fraction of sp³-hybridized carbons (Fsp3) is 0.800. The maximum atomic E-state index is 12.9.